The number of hydrogen-bond donors (Lipinski definition) is 0. The van der Waals surface area contributed by atoms with Crippen LogP contribution in [-0.4, -0.2) is 6.61 Å². The topological polar surface area (TPSA) is 9.23 Å². The van der Waals surface area contributed by atoms with Crippen LogP contribution in [0.1, 0.15) is 56.3 Å². The fraction of sp³-hybridized carbons (Fsp3) is 0.625. The normalized spacial score (nSPS) is 20.0. The Hall–Kier alpha value is -0.0200. The van der Waals surface area contributed by atoms with Gasteiger partial charge in [-0.05, 0) is 42.9 Å². The van der Waals surface area contributed by atoms with Gasteiger partial charge in [-0.1, -0.05) is 64.1 Å². The van der Waals surface area contributed by atoms with Crippen LogP contribution < -0.4 is 4.74 Å². The highest BCUT2D eigenvalue weighted by Crippen LogP contribution is 2.51. The second-order valence-electron chi connectivity index (χ2n) is 5.69. The van der Waals surface area contributed by atoms with Crippen molar-refractivity contribution in [1.29, 1.82) is 0 Å². The molecule has 1 aromatic rings. The molecule has 19 heavy (non-hydrogen) atoms. The van der Waals surface area contributed by atoms with Crippen molar-refractivity contribution in [2.24, 2.45) is 5.41 Å². The van der Waals surface area contributed by atoms with Crippen molar-refractivity contribution in [2.45, 2.75) is 50.8 Å². The monoisotopic (exact) mass is 388 g/mol. The summed E-state index contributed by atoms with van der Waals surface area (Å²) in [5.74, 6) is 0.937. The van der Waals surface area contributed by atoms with Crippen molar-refractivity contribution in [2.75, 3.05) is 6.61 Å². The Morgan fingerprint density at radius 3 is 2.53 bits per heavy atom. The van der Waals surface area contributed by atoms with E-state index in [-0.39, 0.29) is 0 Å². The van der Waals surface area contributed by atoms with Gasteiger partial charge in [-0.2, -0.15) is 0 Å². The van der Waals surface area contributed by atoms with Crippen molar-refractivity contribution < 1.29 is 4.74 Å². The highest BCUT2D eigenvalue weighted by atomic mass is 79.9. The Balaban J connectivity index is 2.20. The van der Waals surface area contributed by atoms with Crippen LogP contribution in [0.15, 0.2) is 22.7 Å². The maximum atomic E-state index is 5.55. The lowest BCUT2D eigenvalue weighted by Gasteiger charge is -2.38. The van der Waals surface area contributed by atoms with Crippen LogP contribution in [0.5, 0.6) is 5.75 Å². The molecule has 0 spiro atoms. The molecule has 1 aromatic carbocycles. The highest BCUT2D eigenvalue weighted by Gasteiger charge is 2.35. The number of halogens is 2. The van der Waals surface area contributed by atoms with Crippen LogP contribution in [0.25, 0.3) is 0 Å². The lowest BCUT2D eigenvalue weighted by atomic mass is 9.72. The molecule has 0 bridgehead atoms. The summed E-state index contributed by atoms with van der Waals surface area (Å²) in [6, 6.07) is 6.34. The van der Waals surface area contributed by atoms with E-state index in [4.69, 9.17) is 4.74 Å². The van der Waals surface area contributed by atoms with E-state index in [1.807, 2.05) is 6.92 Å². The molecule has 1 unspecified atom stereocenters. The average molecular weight is 390 g/mol. The minimum Gasteiger partial charge on any atom is -0.494 e. The third kappa shape index (κ3) is 3.55. The van der Waals surface area contributed by atoms with Crippen LogP contribution in [-0.2, 0) is 0 Å². The standard InChI is InChI=1S/C16H22Br2O/c1-3-19-12-7-8-13(14(17)11-12)15(18)16(2)9-5-4-6-10-16/h7-8,11,15H,3-6,9-10H2,1-2H3. The Bertz CT molecular complexity index is 425. The third-order valence-electron chi connectivity index (χ3n) is 4.16. The Morgan fingerprint density at radius 1 is 1.26 bits per heavy atom. The first kappa shape index (κ1) is 15.4. The maximum Gasteiger partial charge on any atom is 0.120 e. The van der Waals surface area contributed by atoms with Gasteiger partial charge in [0.05, 0.1) is 6.61 Å². The molecule has 0 aromatic heterocycles. The molecular formula is C16H22Br2O. The number of rotatable bonds is 4. The first-order valence-electron chi connectivity index (χ1n) is 7.13. The lowest BCUT2D eigenvalue weighted by molar-refractivity contribution is 0.212. The van der Waals surface area contributed by atoms with E-state index in [2.05, 4.69) is 57.0 Å². The quantitative estimate of drug-likeness (QED) is 0.552. The van der Waals surface area contributed by atoms with Crippen LogP contribution in [0.3, 0.4) is 0 Å². The predicted molar refractivity (Wildman–Crippen MR) is 88.2 cm³/mol. The number of ether oxygens (including phenoxy) is 1. The average Bonchev–Trinajstić information content (AvgIpc) is 2.39. The zero-order valence-corrected chi connectivity index (χ0v) is 14.9. The molecule has 2 rings (SSSR count). The van der Waals surface area contributed by atoms with E-state index in [9.17, 15) is 0 Å². The van der Waals surface area contributed by atoms with Crippen LogP contribution >= 0.6 is 31.9 Å². The highest BCUT2D eigenvalue weighted by molar-refractivity contribution is 9.11. The van der Waals surface area contributed by atoms with Gasteiger partial charge >= 0.3 is 0 Å². The van der Waals surface area contributed by atoms with Gasteiger partial charge in [0.2, 0.25) is 0 Å². The molecule has 3 heteroatoms. The van der Waals surface area contributed by atoms with Gasteiger partial charge in [0.25, 0.3) is 0 Å². The smallest absolute Gasteiger partial charge is 0.120 e. The summed E-state index contributed by atoms with van der Waals surface area (Å²) in [5, 5.41) is 0. The molecule has 0 saturated heterocycles. The summed E-state index contributed by atoms with van der Waals surface area (Å²) < 4.78 is 6.69. The summed E-state index contributed by atoms with van der Waals surface area (Å²) in [7, 11) is 0. The summed E-state index contributed by atoms with van der Waals surface area (Å²) >= 11 is 7.65. The van der Waals surface area contributed by atoms with Gasteiger partial charge in [-0.3, -0.25) is 0 Å². The first-order valence-corrected chi connectivity index (χ1v) is 8.84. The summed E-state index contributed by atoms with van der Waals surface area (Å²) in [6.07, 6.45) is 6.71. The van der Waals surface area contributed by atoms with Crippen molar-refractivity contribution in [3.63, 3.8) is 0 Å². The Labute approximate surface area is 133 Å². The van der Waals surface area contributed by atoms with Crippen LogP contribution in [0, 0.1) is 5.41 Å². The summed E-state index contributed by atoms with van der Waals surface area (Å²) in [5.41, 5.74) is 1.71. The van der Waals surface area contributed by atoms with E-state index in [1.54, 1.807) is 0 Å². The number of alkyl halides is 1. The fourth-order valence-corrected chi connectivity index (χ4v) is 4.71. The molecule has 1 saturated carbocycles. The molecule has 1 aliphatic rings. The van der Waals surface area contributed by atoms with Gasteiger partial charge in [-0.15, -0.1) is 0 Å². The molecule has 0 heterocycles. The number of hydrogen-bond acceptors (Lipinski definition) is 1. The van der Waals surface area contributed by atoms with Crippen LogP contribution in [0.2, 0.25) is 0 Å². The van der Waals surface area contributed by atoms with Gasteiger partial charge < -0.3 is 4.74 Å². The molecule has 0 amide bonds. The van der Waals surface area contributed by atoms with Crippen molar-refractivity contribution in [3.8, 4) is 5.75 Å². The van der Waals surface area contributed by atoms with Gasteiger partial charge in [0.1, 0.15) is 5.75 Å². The third-order valence-corrected chi connectivity index (χ3v) is 6.45. The first-order chi connectivity index (χ1) is 9.07. The largest absolute Gasteiger partial charge is 0.494 e. The van der Waals surface area contributed by atoms with E-state index in [0.717, 1.165) is 10.2 Å². The summed E-state index contributed by atoms with van der Waals surface area (Å²) in [6.45, 7) is 5.13. The van der Waals surface area contributed by atoms with E-state index in [0.29, 0.717) is 16.8 Å². The molecule has 1 aliphatic carbocycles. The molecule has 0 radical (unpaired) electrons. The maximum absolute atomic E-state index is 5.55. The van der Waals surface area contributed by atoms with E-state index < -0.39 is 0 Å². The zero-order chi connectivity index (χ0) is 13.9. The molecule has 1 fully saturated rings. The molecule has 1 atom stereocenters. The van der Waals surface area contributed by atoms with Gasteiger partial charge in [0, 0.05) is 9.30 Å². The van der Waals surface area contributed by atoms with Crippen molar-refractivity contribution in [1.82, 2.24) is 0 Å². The second kappa shape index (κ2) is 6.62. The van der Waals surface area contributed by atoms with E-state index in [1.165, 1.54) is 37.7 Å². The lowest BCUT2D eigenvalue weighted by Crippen LogP contribution is -2.25. The van der Waals surface area contributed by atoms with Crippen molar-refractivity contribution >= 4 is 31.9 Å². The van der Waals surface area contributed by atoms with Gasteiger partial charge in [0.15, 0.2) is 0 Å². The van der Waals surface area contributed by atoms with E-state index >= 15 is 0 Å². The molecule has 0 aliphatic heterocycles. The second-order valence-corrected chi connectivity index (χ2v) is 7.46. The van der Waals surface area contributed by atoms with Crippen molar-refractivity contribution in [3.05, 3.63) is 28.2 Å². The van der Waals surface area contributed by atoms with Gasteiger partial charge in [-0.25, -0.2) is 0 Å². The summed E-state index contributed by atoms with van der Waals surface area (Å²) in [4.78, 5) is 0.408. The van der Waals surface area contributed by atoms with Crippen LogP contribution in [0.4, 0.5) is 0 Å². The predicted octanol–water partition coefficient (Wildman–Crippen LogP) is 6.25. The molecule has 106 valence electrons. The minimum absolute atomic E-state index is 0.369. The zero-order valence-electron chi connectivity index (χ0n) is 11.7. The minimum atomic E-state index is 0.369. The number of benzene rings is 1. The molecule has 1 nitrogen and oxygen atoms in total. The Morgan fingerprint density at radius 2 is 1.95 bits per heavy atom. The fourth-order valence-electron chi connectivity index (χ4n) is 2.96. The molecule has 0 N–H and O–H groups in total. The molecular weight excluding hydrogens is 368 g/mol. The SMILES string of the molecule is CCOc1ccc(C(Br)C2(C)CCCCC2)c(Br)c1. The Kier molecular flexibility index (Phi) is 5.36.